The highest BCUT2D eigenvalue weighted by Crippen LogP contribution is 2.38. The lowest BCUT2D eigenvalue weighted by Crippen LogP contribution is -2.41. The number of rotatable bonds is 17. The first-order valence-electron chi connectivity index (χ1n) is 17.2. The third kappa shape index (κ3) is 9.60. The molecule has 0 radical (unpaired) electrons. The molecule has 2 aromatic heterocycles. The quantitative estimate of drug-likeness (QED) is 0.0377. The Hall–Kier alpha value is -5.33. The molecule has 0 aliphatic heterocycles. The fourth-order valence-electron chi connectivity index (χ4n) is 5.13. The second kappa shape index (κ2) is 17.2. The van der Waals surface area contributed by atoms with Crippen LogP contribution >= 0.6 is 11.3 Å². The molecule has 0 aliphatic carbocycles. The van der Waals surface area contributed by atoms with Crippen LogP contribution in [0.2, 0.25) is 18.1 Å². The van der Waals surface area contributed by atoms with E-state index in [1.807, 2.05) is 6.92 Å². The van der Waals surface area contributed by atoms with Gasteiger partial charge in [0, 0.05) is 50.2 Å². The number of nitrogens with zero attached hydrogens (tertiary/aromatic N) is 4. The Bertz CT molecular complexity index is 2160. The predicted molar refractivity (Wildman–Crippen MR) is 208 cm³/mol. The Morgan fingerprint density at radius 1 is 1.09 bits per heavy atom. The molecule has 2 heterocycles. The van der Waals surface area contributed by atoms with Crippen molar-refractivity contribution in [3.8, 4) is 11.5 Å². The van der Waals surface area contributed by atoms with Crippen LogP contribution in [0.5, 0.6) is 11.5 Å². The molecule has 0 spiro atoms. The van der Waals surface area contributed by atoms with Crippen LogP contribution in [0.15, 0.2) is 45.8 Å². The minimum Gasteiger partial charge on any atom is -0.494 e. The number of nitro groups is 1. The number of methoxy groups -OCH3 is 1. The van der Waals surface area contributed by atoms with E-state index in [4.69, 9.17) is 29.8 Å². The maximum Gasteiger partial charge on any atom is 0.317 e. The fourth-order valence-corrected chi connectivity index (χ4v) is 7.31. The number of hydrogen-bond acceptors (Lipinski definition) is 12. The number of nitrogens with one attached hydrogen (secondary N) is 1. The van der Waals surface area contributed by atoms with Gasteiger partial charge in [0.25, 0.3) is 5.69 Å². The number of carbonyl (C=O) groups excluding carboxylic acids is 3. The van der Waals surface area contributed by atoms with E-state index in [2.05, 4.69) is 49.2 Å². The number of allylic oxidation sites excluding steroid dienone is 1. The van der Waals surface area contributed by atoms with Gasteiger partial charge in [-0.2, -0.15) is 4.99 Å². The number of anilines is 1. The third-order valence-electron chi connectivity index (χ3n) is 9.01. The number of carbonyl (C=O) groups is 3. The van der Waals surface area contributed by atoms with Crippen molar-refractivity contribution in [1.82, 2.24) is 9.55 Å². The van der Waals surface area contributed by atoms with Crippen molar-refractivity contribution in [3.63, 3.8) is 0 Å². The molecule has 18 heteroatoms. The minimum absolute atomic E-state index is 0.0355. The maximum absolute atomic E-state index is 13.3. The summed E-state index contributed by atoms with van der Waals surface area (Å²) >= 11 is 1.15. The summed E-state index contributed by atoms with van der Waals surface area (Å²) in [6.07, 6.45) is 4.47. The monoisotopic (exact) mass is 781 g/mol. The summed E-state index contributed by atoms with van der Waals surface area (Å²) in [6.45, 7) is 15.1. The van der Waals surface area contributed by atoms with Crippen LogP contribution in [0.3, 0.4) is 0 Å². The summed E-state index contributed by atoms with van der Waals surface area (Å²) in [4.78, 5) is 57.9. The van der Waals surface area contributed by atoms with E-state index in [1.165, 1.54) is 19.2 Å². The lowest BCUT2D eigenvalue weighted by atomic mass is 10.1. The molecular formula is C36H47N7O9SSi. The van der Waals surface area contributed by atoms with E-state index < -0.39 is 31.0 Å². The number of fused-ring (bicyclic) bond motifs is 1. The Balaban J connectivity index is 1.63. The van der Waals surface area contributed by atoms with Crippen molar-refractivity contribution < 1.29 is 37.6 Å². The molecule has 2 aromatic carbocycles. The number of aromatic nitrogens is 2. The second-order valence-corrected chi connectivity index (χ2v) is 19.6. The van der Waals surface area contributed by atoms with Crippen molar-refractivity contribution in [2.75, 3.05) is 32.2 Å². The van der Waals surface area contributed by atoms with Crippen molar-refractivity contribution in [2.45, 2.75) is 72.1 Å². The highest BCUT2D eigenvalue weighted by molar-refractivity contribution is 7.16. The van der Waals surface area contributed by atoms with Crippen molar-refractivity contribution in [3.05, 3.63) is 79.8 Å². The van der Waals surface area contributed by atoms with E-state index in [1.54, 1.807) is 29.7 Å². The van der Waals surface area contributed by atoms with E-state index in [0.717, 1.165) is 17.4 Å². The van der Waals surface area contributed by atoms with Gasteiger partial charge in [0.2, 0.25) is 17.6 Å². The van der Waals surface area contributed by atoms with Gasteiger partial charge in [0.05, 0.1) is 29.0 Å². The molecule has 0 unspecified atom stereocenters. The molecule has 0 fully saturated rings. The van der Waals surface area contributed by atoms with Gasteiger partial charge in [-0.05, 0) is 42.8 Å². The van der Waals surface area contributed by atoms with E-state index >= 15 is 0 Å². The summed E-state index contributed by atoms with van der Waals surface area (Å²) < 4.78 is 25.7. The Labute approximate surface area is 317 Å². The average molecular weight is 782 g/mol. The second-order valence-electron chi connectivity index (χ2n) is 13.8. The Morgan fingerprint density at radius 3 is 2.37 bits per heavy atom. The highest BCUT2D eigenvalue weighted by atomic mass is 32.1. The number of thiazole rings is 1. The zero-order chi connectivity index (χ0) is 40.0. The minimum atomic E-state index is -1.98. The molecule has 290 valence electrons. The number of benzene rings is 2. The predicted octanol–water partition coefficient (Wildman–Crippen LogP) is 5.88. The number of oxazole rings is 1. The third-order valence-corrected chi connectivity index (χ3v) is 14.6. The van der Waals surface area contributed by atoms with Crippen LogP contribution in [0.4, 0.5) is 11.4 Å². The molecule has 0 saturated heterocycles. The largest absolute Gasteiger partial charge is 0.494 e. The van der Waals surface area contributed by atoms with Gasteiger partial charge < -0.3 is 39.7 Å². The van der Waals surface area contributed by atoms with Gasteiger partial charge in [-0.1, -0.05) is 51.2 Å². The summed E-state index contributed by atoms with van der Waals surface area (Å²) in [7, 11) is -0.529. The molecule has 0 saturated carbocycles. The lowest BCUT2D eigenvalue weighted by molar-refractivity contribution is -0.384. The molecule has 0 atom stereocenters. The number of ether oxygens (including phenoxy) is 2. The van der Waals surface area contributed by atoms with Crippen LogP contribution in [-0.4, -0.2) is 67.4 Å². The van der Waals surface area contributed by atoms with Crippen molar-refractivity contribution >= 4 is 59.0 Å². The first kappa shape index (κ1) is 41.4. The first-order chi connectivity index (χ1) is 25.4. The number of hydrogen-bond donors (Lipinski definition) is 3. The van der Waals surface area contributed by atoms with Crippen LogP contribution in [-0.2, 0) is 17.4 Å². The maximum atomic E-state index is 13.3. The standard InChI is InChI=1S/C36H47N7O9SSi/c1-9-24-31(52-21(2)40-24)34(46)41-35-42(30-27(49-6)19-23(33(38)45)20-28(30)53-35)14-11-10-13-39-29-25(43(47)48)17-22(32(37)44)18-26(29)50-15-12-16-51-54(7,8)36(3,4)5/h10-11,17-20,39H,9,12-16H2,1-8H3,(H2,37,44)(H2,38,45)/b11-10+,41-35?. The summed E-state index contributed by atoms with van der Waals surface area (Å²) in [5, 5.41) is 15.2. The summed E-state index contributed by atoms with van der Waals surface area (Å²) in [5.41, 5.74) is 11.9. The smallest absolute Gasteiger partial charge is 0.317 e. The van der Waals surface area contributed by atoms with Crippen molar-refractivity contribution in [1.29, 1.82) is 0 Å². The first-order valence-corrected chi connectivity index (χ1v) is 20.9. The SMILES string of the molecule is CCc1nc(C)oc1C(=O)N=c1sc2cc(C(N)=O)cc(OC)c2n1C/C=C/CNc1c(OCCCO[Si](C)(C)C(C)(C)C)cc(C(N)=O)cc1[N+](=O)[O-]. The Morgan fingerprint density at radius 2 is 1.76 bits per heavy atom. The van der Waals surface area contributed by atoms with Crippen LogP contribution in [0.25, 0.3) is 10.2 Å². The highest BCUT2D eigenvalue weighted by Gasteiger charge is 2.37. The molecule has 3 amide bonds. The molecule has 54 heavy (non-hydrogen) atoms. The van der Waals surface area contributed by atoms with Crippen molar-refractivity contribution in [2.24, 2.45) is 16.5 Å². The molecular weight excluding hydrogens is 735 g/mol. The fraction of sp³-hybridized carbons (Fsp3) is 0.417. The zero-order valence-electron chi connectivity index (χ0n) is 31.7. The van der Waals surface area contributed by atoms with E-state index in [0.29, 0.717) is 47.0 Å². The summed E-state index contributed by atoms with van der Waals surface area (Å²) in [6, 6.07) is 5.59. The molecule has 0 aliphatic rings. The van der Waals surface area contributed by atoms with Gasteiger partial charge in [-0.15, -0.1) is 0 Å². The molecule has 16 nitrogen and oxygen atoms in total. The summed E-state index contributed by atoms with van der Waals surface area (Å²) in [5.74, 6) is -1.30. The number of nitro benzene ring substituents is 1. The van der Waals surface area contributed by atoms with E-state index in [-0.39, 0.29) is 63.5 Å². The molecule has 5 N–H and O–H groups in total. The molecule has 0 bridgehead atoms. The van der Waals surface area contributed by atoms with Crippen LogP contribution in [0.1, 0.15) is 77.0 Å². The number of aryl methyl sites for hydroxylation is 2. The van der Waals surface area contributed by atoms with Gasteiger partial charge in [-0.25, -0.2) is 4.98 Å². The molecule has 4 aromatic rings. The number of nitrogens with two attached hydrogens (primary N) is 2. The van der Waals surface area contributed by atoms with Gasteiger partial charge in [-0.3, -0.25) is 24.5 Å². The molecule has 4 rings (SSSR count). The lowest BCUT2D eigenvalue weighted by Gasteiger charge is -2.36. The normalized spacial score (nSPS) is 12.4. The number of amides is 3. The zero-order valence-corrected chi connectivity index (χ0v) is 33.5. The van der Waals surface area contributed by atoms with Gasteiger partial charge in [0.15, 0.2) is 24.7 Å². The number of primary amides is 2. The van der Waals surface area contributed by atoms with Gasteiger partial charge in [0.1, 0.15) is 17.0 Å². The van der Waals surface area contributed by atoms with Crippen LogP contribution < -0.4 is 31.1 Å². The average Bonchev–Trinajstić information content (AvgIpc) is 3.65. The van der Waals surface area contributed by atoms with Crippen LogP contribution in [0, 0.1) is 17.0 Å². The van der Waals surface area contributed by atoms with E-state index in [9.17, 15) is 24.5 Å². The topological polar surface area (TPSA) is 229 Å². The Kier molecular flexibility index (Phi) is 13.2. The van der Waals surface area contributed by atoms with Gasteiger partial charge >= 0.3 is 5.91 Å².